The zero-order chi connectivity index (χ0) is 16.3. The van der Waals surface area contributed by atoms with Gasteiger partial charge in [-0.15, -0.1) is 5.10 Å². The number of aryl methyl sites for hydroxylation is 2. The van der Waals surface area contributed by atoms with Crippen molar-refractivity contribution in [2.75, 3.05) is 6.61 Å². The van der Waals surface area contributed by atoms with E-state index in [2.05, 4.69) is 20.3 Å². The van der Waals surface area contributed by atoms with Crippen molar-refractivity contribution in [1.29, 1.82) is 0 Å². The summed E-state index contributed by atoms with van der Waals surface area (Å²) in [6.07, 6.45) is 0.738. The summed E-state index contributed by atoms with van der Waals surface area (Å²) in [5, 5.41) is 11.9. The number of rotatable bonds is 6. The van der Waals surface area contributed by atoms with Gasteiger partial charge in [-0.3, -0.25) is 14.6 Å². The number of hydrogen-bond donors (Lipinski definition) is 1. The second-order valence-corrected chi connectivity index (χ2v) is 6.25. The summed E-state index contributed by atoms with van der Waals surface area (Å²) in [6.45, 7) is 5.87. The molecule has 0 saturated heterocycles. The van der Waals surface area contributed by atoms with E-state index in [-0.39, 0.29) is 11.2 Å². The van der Waals surface area contributed by atoms with Crippen LogP contribution in [0.2, 0.25) is 5.02 Å². The Morgan fingerprint density at radius 2 is 2.23 bits per heavy atom. The van der Waals surface area contributed by atoms with E-state index < -0.39 is 0 Å². The van der Waals surface area contributed by atoms with E-state index in [9.17, 15) is 4.79 Å². The van der Waals surface area contributed by atoms with Crippen LogP contribution in [0.5, 0.6) is 0 Å². The molecule has 2 rings (SSSR count). The van der Waals surface area contributed by atoms with Gasteiger partial charge in [0, 0.05) is 7.05 Å². The van der Waals surface area contributed by atoms with E-state index in [1.165, 1.54) is 11.8 Å². The molecule has 0 fully saturated rings. The molecule has 0 aliphatic carbocycles. The molecule has 1 atom stereocenters. The number of nitrogens with zero attached hydrogens (tertiary/aromatic N) is 4. The van der Waals surface area contributed by atoms with Crippen LogP contribution in [-0.4, -0.2) is 42.8 Å². The van der Waals surface area contributed by atoms with Gasteiger partial charge in [0.15, 0.2) is 5.82 Å². The van der Waals surface area contributed by atoms with E-state index in [1.807, 2.05) is 6.92 Å². The summed E-state index contributed by atoms with van der Waals surface area (Å²) in [5.41, 5.74) is 1.49. The smallest absolute Gasteiger partial charge is 0.319 e. The third-order valence-corrected chi connectivity index (χ3v) is 4.32. The molecule has 22 heavy (non-hydrogen) atoms. The van der Waals surface area contributed by atoms with Crippen LogP contribution in [0.15, 0.2) is 5.16 Å². The summed E-state index contributed by atoms with van der Waals surface area (Å²) in [6, 6.07) is 0. The first-order valence-electron chi connectivity index (χ1n) is 6.95. The number of thioether (sulfide) groups is 1. The van der Waals surface area contributed by atoms with Crippen LogP contribution < -0.4 is 0 Å². The molecule has 0 aromatic carbocycles. The van der Waals surface area contributed by atoms with Crippen molar-refractivity contribution >= 4 is 29.3 Å². The number of esters is 1. The fourth-order valence-electron chi connectivity index (χ4n) is 1.91. The molecule has 2 heterocycles. The van der Waals surface area contributed by atoms with E-state index in [1.54, 1.807) is 25.6 Å². The maximum atomic E-state index is 11.6. The SMILES string of the molecule is CCOC(=O)[C@@H](C)Sc1n[nH]c(-c2c(Cl)c(CC)nn2C)n1. The number of carbonyl (C=O) groups excluding carboxylic acids is 1. The second-order valence-electron chi connectivity index (χ2n) is 4.57. The molecule has 7 nitrogen and oxygen atoms in total. The minimum Gasteiger partial charge on any atom is -0.465 e. The normalized spacial score (nSPS) is 12.4. The fourth-order valence-corrected chi connectivity index (χ4v) is 3.01. The molecule has 0 spiro atoms. The highest BCUT2D eigenvalue weighted by molar-refractivity contribution is 8.00. The highest BCUT2D eigenvalue weighted by atomic mass is 35.5. The van der Waals surface area contributed by atoms with Crippen molar-refractivity contribution in [2.24, 2.45) is 7.05 Å². The molecule has 1 N–H and O–H groups in total. The van der Waals surface area contributed by atoms with Gasteiger partial charge in [0.05, 0.1) is 17.3 Å². The Morgan fingerprint density at radius 1 is 1.50 bits per heavy atom. The molecule has 2 aromatic rings. The van der Waals surface area contributed by atoms with Gasteiger partial charge < -0.3 is 4.74 Å². The molecule has 0 radical (unpaired) electrons. The summed E-state index contributed by atoms with van der Waals surface area (Å²) < 4.78 is 6.63. The average Bonchev–Trinajstić information content (AvgIpc) is 3.03. The minimum absolute atomic E-state index is 0.286. The number of ether oxygens (including phenoxy) is 1. The van der Waals surface area contributed by atoms with Crippen LogP contribution in [0, 0.1) is 0 Å². The van der Waals surface area contributed by atoms with E-state index in [4.69, 9.17) is 16.3 Å². The first-order valence-corrected chi connectivity index (χ1v) is 8.21. The Labute approximate surface area is 137 Å². The van der Waals surface area contributed by atoms with E-state index in [0.717, 1.165) is 12.1 Å². The van der Waals surface area contributed by atoms with Crippen molar-refractivity contribution in [2.45, 2.75) is 37.6 Å². The maximum Gasteiger partial charge on any atom is 0.319 e. The van der Waals surface area contributed by atoms with Crippen LogP contribution in [0.4, 0.5) is 0 Å². The van der Waals surface area contributed by atoms with Gasteiger partial charge in [-0.25, -0.2) is 0 Å². The van der Waals surface area contributed by atoms with Crippen LogP contribution in [-0.2, 0) is 23.0 Å². The molecule has 2 aromatic heterocycles. The lowest BCUT2D eigenvalue weighted by molar-refractivity contribution is -0.142. The Hall–Kier alpha value is -1.54. The average molecular weight is 344 g/mol. The van der Waals surface area contributed by atoms with Crippen LogP contribution in [0.3, 0.4) is 0 Å². The number of hydrogen-bond acceptors (Lipinski definition) is 6. The van der Waals surface area contributed by atoms with Crippen LogP contribution in [0.25, 0.3) is 11.5 Å². The maximum absolute atomic E-state index is 11.6. The number of carbonyl (C=O) groups is 1. The van der Waals surface area contributed by atoms with Gasteiger partial charge in [0.25, 0.3) is 0 Å². The third kappa shape index (κ3) is 3.44. The number of H-pyrrole nitrogens is 1. The highest BCUT2D eigenvalue weighted by Crippen LogP contribution is 2.30. The largest absolute Gasteiger partial charge is 0.465 e. The van der Waals surface area contributed by atoms with Gasteiger partial charge in [-0.05, 0) is 20.3 Å². The lowest BCUT2D eigenvalue weighted by Crippen LogP contribution is -2.16. The first-order chi connectivity index (χ1) is 10.5. The molecular formula is C13H18ClN5O2S. The third-order valence-electron chi connectivity index (χ3n) is 2.98. The lowest BCUT2D eigenvalue weighted by atomic mass is 10.3. The van der Waals surface area contributed by atoms with Gasteiger partial charge in [-0.2, -0.15) is 10.1 Å². The van der Waals surface area contributed by atoms with Crippen molar-refractivity contribution in [3.05, 3.63) is 10.7 Å². The highest BCUT2D eigenvalue weighted by Gasteiger charge is 2.21. The topological polar surface area (TPSA) is 85.7 Å². The summed E-state index contributed by atoms with van der Waals surface area (Å²) in [7, 11) is 1.80. The Kier molecular flexibility index (Phi) is 5.47. The zero-order valence-corrected chi connectivity index (χ0v) is 14.5. The molecule has 0 aliphatic heterocycles. The predicted molar refractivity (Wildman–Crippen MR) is 84.9 cm³/mol. The van der Waals surface area contributed by atoms with Gasteiger partial charge in [0.1, 0.15) is 10.9 Å². The Morgan fingerprint density at radius 3 is 2.82 bits per heavy atom. The molecular weight excluding hydrogens is 326 g/mol. The van der Waals surface area contributed by atoms with E-state index in [0.29, 0.717) is 28.3 Å². The molecule has 0 saturated carbocycles. The van der Waals surface area contributed by atoms with Crippen molar-refractivity contribution in [3.8, 4) is 11.5 Å². The number of aromatic nitrogens is 5. The van der Waals surface area contributed by atoms with Crippen molar-refractivity contribution in [1.82, 2.24) is 25.0 Å². The Bertz CT molecular complexity index is 669. The van der Waals surface area contributed by atoms with Gasteiger partial charge in [-0.1, -0.05) is 30.3 Å². The quantitative estimate of drug-likeness (QED) is 0.640. The van der Waals surface area contributed by atoms with E-state index >= 15 is 0 Å². The number of nitrogens with one attached hydrogen (secondary N) is 1. The van der Waals surface area contributed by atoms with Crippen LogP contribution >= 0.6 is 23.4 Å². The van der Waals surface area contributed by atoms with Gasteiger partial charge in [0.2, 0.25) is 5.16 Å². The predicted octanol–water partition coefficient (Wildman–Crippen LogP) is 2.46. The molecule has 0 unspecified atom stereocenters. The summed E-state index contributed by atoms with van der Waals surface area (Å²) in [5.74, 6) is 0.240. The molecule has 9 heteroatoms. The zero-order valence-electron chi connectivity index (χ0n) is 12.9. The Balaban J connectivity index is 2.18. The number of halogens is 1. The molecule has 0 amide bonds. The van der Waals surface area contributed by atoms with Gasteiger partial charge >= 0.3 is 5.97 Å². The summed E-state index contributed by atoms with van der Waals surface area (Å²) >= 11 is 7.55. The molecule has 0 aliphatic rings. The van der Waals surface area contributed by atoms with Crippen molar-refractivity contribution in [3.63, 3.8) is 0 Å². The van der Waals surface area contributed by atoms with Crippen molar-refractivity contribution < 1.29 is 9.53 Å². The standard InChI is InChI=1S/C13H18ClN5O2S/c1-5-8-9(14)10(19(4)18-8)11-15-13(17-16-11)22-7(3)12(20)21-6-2/h7H,5-6H2,1-4H3,(H,15,16,17)/t7-/m1/s1. The molecule has 120 valence electrons. The first kappa shape index (κ1) is 16.8. The molecule has 0 bridgehead atoms. The summed E-state index contributed by atoms with van der Waals surface area (Å²) in [4.78, 5) is 16.0. The second kappa shape index (κ2) is 7.15. The van der Waals surface area contributed by atoms with Crippen LogP contribution in [0.1, 0.15) is 26.5 Å². The lowest BCUT2D eigenvalue weighted by Gasteiger charge is -2.06. The monoisotopic (exact) mass is 343 g/mol. The number of aromatic amines is 1. The minimum atomic E-state index is -0.378. The fraction of sp³-hybridized carbons (Fsp3) is 0.538.